The number of fused-ring (bicyclic) bond motifs is 3. The number of carbonyl (C=O) groups is 2. The molecule has 2 aliphatic carbocycles. The van der Waals surface area contributed by atoms with Gasteiger partial charge in [0, 0.05) is 43.7 Å². The topological polar surface area (TPSA) is 195 Å². The van der Waals surface area contributed by atoms with E-state index in [0.717, 1.165) is 40.7 Å². The van der Waals surface area contributed by atoms with Crippen molar-refractivity contribution in [3.05, 3.63) is 162 Å². The summed E-state index contributed by atoms with van der Waals surface area (Å²) in [6.07, 6.45) is 6.65. The highest BCUT2D eigenvalue weighted by atomic mass is 16.7. The number of anilines is 1. The highest BCUT2D eigenvalue weighted by molar-refractivity contribution is 6.03. The number of benzene rings is 5. The number of ether oxygens (including phenoxy) is 9. The molecule has 6 unspecified atom stereocenters. The number of aliphatic hydroxyl groups is 2. The van der Waals surface area contributed by atoms with Crippen LogP contribution in [0.5, 0.6) is 34.5 Å². The van der Waals surface area contributed by atoms with E-state index in [1.54, 1.807) is 48.4 Å². The highest BCUT2D eigenvalue weighted by Gasteiger charge is 2.66. The maximum Gasteiger partial charge on any atom is 0.417 e. The van der Waals surface area contributed by atoms with Crippen molar-refractivity contribution in [2.24, 2.45) is 22.9 Å². The van der Waals surface area contributed by atoms with Gasteiger partial charge in [-0.15, -0.1) is 6.58 Å². The molecule has 3 N–H and O–H groups in total. The number of oxime groups is 1. The molecule has 0 bridgehead atoms. The second-order valence-corrected chi connectivity index (χ2v) is 19.6. The number of hydrogen-bond acceptors (Lipinski definition) is 15. The molecule has 17 heteroatoms. The van der Waals surface area contributed by atoms with Gasteiger partial charge in [0.05, 0.1) is 51.4 Å². The number of allylic oxidation sites excluding steroid dienone is 1. The van der Waals surface area contributed by atoms with E-state index in [1.165, 1.54) is 7.11 Å². The van der Waals surface area contributed by atoms with Crippen molar-refractivity contribution in [3.63, 3.8) is 0 Å². The Morgan fingerprint density at radius 2 is 1.53 bits per heavy atom. The average molecular weight is 1070 g/mol. The van der Waals surface area contributed by atoms with E-state index in [1.807, 2.05) is 84.9 Å². The molecule has 2 amide bonds. The average Bonchev–Trinajstić information content (AvgIpc) is 4.02. The van der Waals surface area contributed by atoms with Gasteiger partial charge in [-0.1, -0.05) is 96.9 Å². The Bertz CT molecular complexity index is 2880. The van der Waals surface area contributed by atoms with Crippen LogP contribution in [0.1, 0.15) is 73.1 Å². The van der Waals surface area contributed by atoms with Gasteiger partial charge in [0.1, 0.15) is 42.3 Å². The molecular formula is C61H69N3O14. The summed E-state index contributed by atoms with van der Waals surface area (Å²) in [6.45, 7) is 4.85. The Hall–Kier alpha value is -7.57. The van der Waals surface area contributed by atoms with Crippen LogP contribution in [0, 0.1) is 17.8 Å². The summed E-state index contributed by atoms with van der Waals surface area (Å²) in [5.74, 6) is -0.147. The van der Waals surface area contributed by atoms with Gasteiger partial charge >= 0.3 is 12.2 Å². The van der Waals surface area contributed by atoms with Crippen molar-refractivity contribution in [3.8, 4) is 34.5 Å². The summed E-state index contributed by atoms with van der Waals surface area (Å²) in [6, 6.07) is 34.5. The van der Waals surface area contributed by atoms with E-state index < -0.39 is 35.9 Å². The Kier molecular flexibility index (Phi) is 18.9. The minimum atomic E-state index is -1.63. The predicted octanol–water partition coefficient (Wildman–Crippen LogP) is 10.7. The predicted molar refractivity (Wildman–Crippen MR) is 291 cm³/mol. The lowest BCUT2D eigenvalue weighted by Gasteiger charge is -2.59. The lowest BCUT2D eigenvalue weighted by atomic mass is 9.55. The number of hydrogen-bond donors (Lipinski definition) is 3. The zero-order chi connectivity index (χ0) is 54.3. The zero-order valence-corrected chi connectivity index (χ0v) is 44.2. The van der Waals surface area contributed by atoms with Crippen LogP contribution in [-0.2, 0) is 38.8 Å². The summed E-state index contributed by atoms with van der Waals surface area (Å²) in [5.41, 5.74) is 5.18. The number of carbonyl (C=O) groups excluding carboxylic acids is 2. The Morgan fingerprint density at radius 3 is 2.27 bits per heavy atom. The number of unbranched alkanes of at least 4 members (excludes halogenated alkanes) is 2. The van der Waals surface area contributed by atoms with E-state index in [9.17, 15) is 15.0 Å². The summed E-state index contributed by atoms with van der Waals surface area (Å²) in [7, 11) is 3.04. The molecule has 2 aliphatic heterocycles. The first kappa shape index (κ1) is 55.2. The normalized spacial score (nSPS) is 21.0. The third-order valence-corrected chi connectivity index (χ3v) is 14.7. The lowest BCUT2D eigenvalue weighted by molar-refractivity contribution is -0.256. The SMILES string of the molecule is C=CCOC12Oc3ccc(OC(=O)Nc4ccc(OC)cc4OC)cc3C3C(CCCCO)C(CCCCO)C=C(C(=NOCc4ccccc4)CC1N(Cc1ccc4c(c1)OCO4)C(=O)OCCOCc1ccccc1)C32. The van der Waals surface area contributed by atoms with Crippen LogP contribution >= 0.6 is 0 Å². The van der Waals surface area contributed by atoms with Gasteiger partial charge in [0.15, 0.2) is 11.5 Å². The molecule has 1 saturated carbocycles. The molecule has 412 valence electrons. The van der Waals surface area contributed by atoms with E-state index in [4.69, 9.17) is 52.6 Å². The molecule has 2 heterocycles. The smallest absolute Gasteiger partial charge is 0.417 e. The molecule has 4 aliphatic rings. The number of nitrogens with one attached hydrogen (secondary N) is 1. The van der Waals surface area contributed by atoms with Gasteiger partial charge in [-0.25, -0.2) is 9.59 Å². The van der Waals surface area contributed by atoms with Crippen molar-refractivity contribution >= 4 is 23.6 Å². The van der Waals surface area contributed by atoms with Crippen LogP contribution < -0.4 is 33.7 Å². The maximum absolute atomic E-state index is 15.3. The van der Waals surface area contributed by atoms with Gasteiger partial charge in [-0.05, 0) is 102 Å². The summed E-state index contributed by atoms with van der Waals surface area (Å²) < 4.78 is 55.3. The van der Waals surface area contributed by atoms with E-state index >= 15 is 4.79 Å². The molecule has 1 fully saturated rings. The fourth-order valence-electron chi connectivity index (χ4n) is 11.2. The van der Waals surface area contributed by atoms with E-state index in [0.29, 0.717) is 72.4 Å². The summed E-state index contributed by atoms with van der Waals surface area (Å²) in [4.78, 5) is 37.0. The van der Waals surface area contributed by atoms with Crippen LogP contribution in [-0.4, -0.2) is 98.9 Å². The van der Waals surface area contributed by atoms with Gasteiger partial charge < -0.3 is 57.7 Å². The van der Waals surface area contributed by atoms with Crippen molar-refractivity contribution in [1.82, 2.24) is 4.90 Å². The van der Waals surface area contributed by atoms with Crippen LogP contribution in [0.2, 0.25) is 0 Å². The van der Waals surface area contributed by atoms with Crippen LogP contribution in [0.25, 0.3) is 0 Å². The van der Waals surface area contributed by atoms with Crippen LogP contribution in [0.3, 0.4) is 0 Å². The zero-order valence-electron chi connectivity index (χ0n) is 44.2. The number of rotatable bonds is 26. The molecule has 0 aromatic heterocycles. The van der Waals surface area contributed by atoms with Gasteiger partial charge in [0.2, 0.25) is 12.6 Å². The standard InChI is InChI=1S/C61H69N3O14/c1-4-29-75-61-56(64(37-43-21-25-53-55(32-43)74-40-73-53)60(68)72-31-30-71-38-41-15-7-5-8-16-41)36-51(63-76-39-42-17-9-6-10-18-42)48-33-44(19-11-13-27-65)47(20-12-14-28-66)57(58(48)61)49-34-46(23-26-52(49)78-61)77-59(67)62-50-24-22-45(69-2)35-54(50)70-3/h4-10,15-18,21-26,32-35,44,47,56-58,65-66H,1,11-14,19-20,27-31,36-40H2,2-3H3,(H,62,67). The van der Waals surface area contributed by atoms with E-state index in [2.05, 4.69) is 18.0 Å². The molecular weight excluding hydrogens is 999 g/mol. The monoisotopic (exact) mass is 1070 g/mol. The fourth-order valence-corrected chi connectivity index (χ4v) is 11.2. The number of nitrogens with zero attached hydrogens (tertiary/aromatic N) is 2. The van der Waals surface area contributed by atoms with Crippen molar-refractivity contribution < 1.29 is 67.3 Å². The van der Waals surface area contributed by atoms with Crippen LogP contribution in [0.4, 0.5) is 15.3 Å². The molecule has 17 nitrogen and oxygen atoms in total. The Balaban J connectivity index is 1.17. The first-order valence-corrected chi connectivity index (χ1v) is 26.6. The van der Waals surface area contributed by atoms with Gasteiger partial charge in [-0.3, -0.25) is 10.2 Å². The fraction of sp³-hybridized carbons (Fsp3) is 0.393. The van der Waals surface area contributed by atoms with Gasteiger partial charge in [0.25, 0.3) is 0 Å². The first-order chi connectivity index (χ1) is 38.2. The molecule has 0 radical (unpaired) electrons. The first-order valence-electron chi connectivity index (χ1n) is 26.6. The largest absolute Gasteiger partial charge is 0.497 e. The second kappa shape index (κ2) is 26.7. The molecule has 0 spiro atoms. The van der Waals surface area contributed by atoms with Gasteiger partial charge in [-0.2, -0.15) is 0 Å². The number of amides is 2. The molecule has 6 atom stereocenters. The molecule has 0 saturated heterocycles. The minimum absolute atomic E-state index is 0.0150. The van der Waals surface area contributed by atoms with E-state index in [-0.39, 0.29) is 77.0 Å². The molecule has 5 aromatic carbocycles. The highest BCUT2D eigenvalue weighted by Crippen LogP contribution is 2.62. The number of aliphatic hydroxyl groups excluding tert-OH is 2. The Labute approximate surface area is 455 Å². The molecule has 78 heavy (non-hydrogen) atoms. The quantitative estimate of drug-likeness (QED) is 0.0269. The second-order valence-electron chi connectivity index (χ2n) is 19.6. The minimum Gasteiger partial charge on any atom is -0.497 e. The number of methoxy groups -OCH3 is 2. The third-order valence-electron chi connectivity index (χ3n) is 14.7. The van der Waals surface area contributed by atoms with Crippen molar-refractivity contribution in [1.29, 1.82) is 0 Å². The maximum atomic E-state index is 15.3. The van der Waals surface area contributed by atoms with Crippen molar-refractivity contribution in [2.45, 2.75) is 82.5 Å². The lowest BCUT2D eigenvalue weighted by Crippen LogP contribution is -2.70. The molecule has 9 rings (SSSR count). The third kappa shape index (κ3) is 12.9. The van der Waals surface area contributed by atoms with Crippen LogP contribution in [0.15, 0.2) is 145 Å². The summed E-state index contributed by atoms with van der Waals surface area (Å²) in [5, 5.41) is 28.0. The molecule has 5 aromatic rings. The van der Waals surface area contributed by atoms with Crippen molar-refractivity contribution in [2.75, 3.05) is 59.4 Å². The Morgan fingerprint density at radius 1 is 0.795 bits per heavy atom. The summed E-state index contributed by atoms with van der Waals surface area (Å²) >= 11 is 0.